The maximum Gasteiger partial charge on any atom is 0.244 e. The number of rotatable bonds is 6. The maximum absolute atomic E-state index is 12.1. The van der Waals surface area contributed by atoms with E-state index >= 15 is 0 Å². The number of aliphatic hydroxyl groups is 1. The van der Waals surface area contributed by atoms with Crippen LogP contribution in [0.1, 0.15) is 12.8 Å². The molecule has 1 atom stereocenters. The van der Waals surface area contributed by atoms with Crippen molar-refractivity contribution in [3.8, 4) is 5.75 Å². The van der Waals surface area contributed by atoms with Crippen LogP contribution in [0.4, 0.5) is 0 Å². The molecule has 1 aromatic carbocycles. The van der Waals surface area contributed by atoms with Crippen LogP contribution < -0.4 is 9.46 Å². The maximum atomic E-state index is 12.1. The van der Waals surface area contributed by atoms with E-state index in [0.29, 0.717) is 5.75 Å². The largest absolute Gasteiger partial charge is 0.495 e. The minimum atomic E-state index is -3.64. The summed E-state index contributed by atoms with van der Waals surface area (Å²) in [5, 5.41) is 9.67. The second kappa shape index (κ2) is 5.26. The van der Waals surface area contributed by atoms with Gasteiger partial charge in [-0.15, -0.1) is 0 Å². The lowest BCUT2D eigenvalue weighted by molar-refractivity contribution is 0.155. The zero-order valence-corrected chi connectivity index (χ0v) is 11.0. The van der Waals surface area contributed by atoms with Crippen molar-refractivity contribution in [2.75, 3.05) is 13.7 Å². The molecule has 1 unspecified atom stereocenters. The van der Waals surface area contributed by atoms with Crippen molar-refractivity contribution in [2.24, 2.45) is 5.92 Å². The summed E-state index contributed by atoms with van der Waals surface area (Å²) in [6, 6.07) is 6.40. The highest BCUT2D eigenvalue weighted by Crippen LogP contribution is 2.32. The van der Waals surface area contributed by atoms with Crippen molar-refractivity contribution < 1.29 is 18.3 Å². The van der Waals surface area contributed by atoms with Crippen LogP contribution in [-0.2, 0) is 10.0 Å². The summed E-state index contributed by atoms with van der Waals surface area (Å²) in [7, 11) is -2.21. The van der Waals surface area contributed by atoms with Crippen molar-refractivity contribution in [1.29, 1.82) is 0 Å². The molecule has 18 heavy (non-hydrogen) atoms. The minimum absolute atomic E-state index is 0.0467. The summed E-state index contributed by atoms with van der Waals surface area (Å²) in [4.78, 5) is 0.0931. The summed E-state index contributed by atoms with van der Waals surface area (Å²) in [5.41, 5.74) is 0. The molecule has 1 saturated carbocycles. The third-order valence-corrected chi connectivity index (χ3v) is 4.47. The Labute approximate surface area is 107 Å². The zero-order chi connectivity index (χ0) is 13.2. The molecule has 0 heterocycles. The van der Waals surface area contributed by atoms with E-state index in [-0.39, 0.29) is 17.4 Å². The molecule has 0 spiro atoms. The average molecular weight is 271 g/mol. The molecular weight excluding hydrogens is 254 g/mol. The molecule has 1 aromatic rings. The second-order valence-electron chi connectivity index (χ2n) is 4.41. The average Bonchev–Trinajstić information content (AvgIpc) is 3.20. The van der Waals surface area contributed by atoms with E-state index in [1.54, 1.807) is 18.2 Å². The van der Waals surface area contributed by atoms with E-state index < -0.39 is 16.1 Å². The van der Waals surface area contributed by atoms with E-state index in [1.807, 2.05) is 0 Å². The molecule has 0 aromatic heterocycles. The lowest BCUT2D eigenvalue weighted by Crippen LogP contribution is -2.33. The van der Waals surface area contributed by atoms with E-state index in [9.17, 15) is 13.5 Å². The summed E-state index contributed by atoms with van der Waals surface area (Å²) < 4.78 is 31.5. The van der Waals surface area contributed by atoms with Gasteiger partial charge in [-0.2, -0.15) is 0 Å². The topological polar surface area (TPSA) is 75.6 Å². The Kier molecular flexibility index (Phi) is 3.89. The van der Waals surface area contributed by atoms with Crippen molar-refractivity contribution in [3.05, 3.63) is 24.3 Å². The van der Waals surface area contributed by atoms with Gasteiger partial charge in [0.1, 0.15) is 10.6 Å². The smallest absolute Gasteiger partial charge is 0.244 e. The number of methoxy groups -OCH3 is 1. The molecule has 1 aliphatic carbocycles. The van der Waals surface area contributed by atoms with Gasteiger partial charge in [-0.1, -0.05) is 12.1 Å². The summed E-state index contributed by atoms with van der Waals surface area (Å²) in [6.45, 7) is 0.0467. The van der Waals surface area contributed by atoms with Gasteiger partial charge < -0.3 is 9.84 Å². The summed E-state index contributed by atoms with van der Waals surface area (Å²) >= 11 is 0. The lowest BCUT2D eigenvalue weighted by Gasteiger charge is -2.13. The Balaban J connectivity index is 2.09. The number of hydrogen-bond acceptors (Lipinski definition) is 4. The third kappa shape index (κ3) is 3.01. The molecular formula is C12H17NO4S. The quantitative estimate of drug-likeness (QED) is 0.800. The van der Waals surface area contributed by atoms with E-state index in [2.05, 4.69) is 4.72 Å². The Morgan fingerprint density at radius 2 is 2.11 bits per heavy atom. The van der Waals surface area contributed by atoms with Crippen LogP contribution in [0.5, 0.6) is 5.75 Å². The Hall–Kier alpha value is -1.11. The molecule has 0 amide bonds. The fraction of sp³-hybridized carbons (Fsp3) is 0.500. The van der Waals surface area contributed by atoms with Crippen LogP contribution in [0.3, 0.4) is 0 Å². The zero-order valence-electron chi connectivity index (χ0n) is 10.2. The predicted octanol–water partition coefficient (Wildman–Crippen LogP) is 0.744. The summed E-state index contributed by atoms with van der Waals surface area (Å²) in [5.74, 6) is 0.538. The monoisotopic (exact) mass is 271 g/mol. The first-order valence-electron chi connectivity index (χ1n) is 5.85. The van der Waals surface area contributed by atoms with Gasteiger partial charge in [-0.05, 0) is 30.9 Å². The highest BCUT2D eigenvalue weighted by Gasteiger charge is 2.31. The van der Waals surface area contributed by atoms with Gasteiger partial charge in [0.15, 0.2) is 0 Å². The highest BCUT2D eigenvalue weighted by atomic mass is 32.2. The van der Waals surface area contributed by atoms with Crippen LogP contribution in [-0.4, -0.2) is 33.3 Å². The van der Waals surface area contributed by atoms with Gasteiger partial charge in [0.05, 0.1) is 13.2 Å². The van der Waals surface area contributed by atoms with Crippen LogP contribution in [0, 0.1) is 5.92 Å². The van der Waals surface area contributed by atoms with Gasteiger partial charge in [-0.3, -0.25) is 0 Å². The normalized spacial score (nSPS) is 17.4. The van der Waals surface area contributed by atoms with E-state index in [1.165, 1.54) is 13.2 Å². The summed E-state index contributed by atoms with van der Waals surface area (Å²) in [6.07, 6.45) is 1.34. The van der Waals surface area contributed by atoms with Gasteiger partial charge in [0, 0.05) is 6.54 Å². The predicted molar refractivity (Wildman–Crippen MR) is 66.9 cm³/mol. The molecule has 100 valence electrons. The standard InChI is InChI=1S/C12H17NO4S/c1-17-11-4-2-3-5-12(11)18(15,16)13-8-10(14)9-6-7-9/h2-5,9-10,13-14H,6-8H2,1H3. The molecule has 1 aliphatic rings. The first-order valence-corrected chi connectivity index (χ1v) is 7.33. The van der Waals surface area contributed by atoms with Crippen molar-refractivity contribution in [1.82, 2.24) is 4.72 Å². The van der Waals surface area contributed by atoms with Gasteiger partial charge in [0.2, 0.25) is 10.0 Å². The Morgan fingerprint density at radius 3 is 2.72 bits per heavy atom. The van der Waals surface area contributed by atoms with Crippen LogP contribution in [0.15, 0.2) is 29.2 Å². The van der Waals surface area contributed by atoms with Crippen LogP contribution in [0.25, 0.3) is 0 Å². The van der Waals surface area contributed by atoms with Crippen LogP contribution in [0.2, 0.25) is 0 Å². The number of aliphatic hydroxyl groups excluding tert-OH is 1. The Bertz CT molecular complexity index is 511. The third-order valence-electron chi connectivity index (χ3n) is 3.01. The molecule has 0 bridgehead atoms. The fourth-order valence-electron chi connectivity index (χ4n) is 1.76. The highest BCUT2D eigenvalue weighted by molar-refractivity contribution is 7.89. The molecule has 5 nitrogen and oxygen atoms in total. The van der Waals surface area contributed by atoms with Crippen molar-refractivity contribution in [3.63, 3.8) is 0 Å². The molecule has 1 fully saturated rings. The number of nitrogens with one attached hydrogen (secondary N) is 1. The molecule has 2 N–H and O–H groups in total. The van der Waals surface area contributed by atoms with E-state index in [0.717, 1.165) is 12.8 Å². The minimum Gasteiger partial charge on any atom is -0.495 e. The number of benzene rings is 1. The number of para-hydroxylation sites is 1. The molecule has 2 rings (SSSR count). The van der Waals surface area contributed by atoms with Gasteiger partial charge in [0.25, 0.3) is 0 Å². The van der Waals surface area contributed by atoms with Crippen molar-refractivity contribution >= 4 is 10.0 Å². The lowest BCUT2D eigenvalue weighted by atomic mass is 10.2. The molecule has 0 aliphatic heterocycles. The SMILES string of the molecule is COc1ccccc1S(=O)(=O)NCC(O)C1CC1. The fourth-order valence-corrected chi connectivity index (χ4v) is 2.98. The van der Waals surface area contributed by atoms with E-state index in [4.69, 9.17) is 4.74 Å². The first kappa shape index (κ1) is 13.3. The molecule has 6 heteroatoms. The second-order valence-corrected chi connectivity index (χ2v) is 6.14. The molecule has 0 radical (unpaired) electrons. The Morgan fingerprint density at radius 1 is 1.44 bits per heavy atom. The van der Waals surface area contributed by atoms with Crippen molar-refractivity contribution in [2.45, 2.75) is 23.8 Å². The van der Waals surface area contributed by atoms with Gasteiger partial charge in [-0.25, -0.2) is 13.1 Å². The first-order chi connectivity index (χ1) is 8.54. The molecule has 0 saturated heterocycles. The van der Waals surface area contributed by atoms with Gasteiger partial charge >= 0.3 is 0 Å². The number of sulfonamides is 1. The number of ether oxygens (including phenoxy) is 1. The van der Waals surface area contributed by atoms with Crippen LogP contribution >= 0.6 is 0 Å². The number of hydrogen-bond donors (Lipinski definition) is 2.